The first-order valence-corrected chi connectivity index (χ1v) is 3.35. The molecule has 12 heavy (non-hydrogen) atoms. The van der Waals surface area contributed by atoms with Gasteiger partial charge in [0.15, 0.2) is 17.3 Å². The summed E-state index contributed by atoms with van der Waals surface area (Å²) in [6.45, 7) is 3.16. The first-order chi connectivity index (χ1) is 5.65. The van der Waals surface area contributed by atoms with E-state index in [2.05, 4.69) is 11.7 Å². The Morgan fingerprint density at radius 3 is 2.67 bits per heavy atom. The summed E-state index contributed by atoms with van der Waals surface area (Å²) in [6.07, 6.45) is 0. The van der Waals surface area contributed by atoms with Crippen LogP contribution in [0.15, 0.2) is 18.2 Å². The fraction of sp³-hybridized carbons (Fsp3) is 0.111. The number of ether oxygens (including phenoxy) is 1. The Balaban J connectivity index is 3.10. The van der Waals surface area contributed by atoms with Crippen molar-refractivity contribution in [3.63, 3.8) is 0 Å². The Hall–Kier alpha value is -1.38. The van der Waals surface area contributed by atoms with Crippen molar-refractivity contribution in [1.82, 2.24) is 0 Å². The number of halogens is 1. The summed E-state index contributed by atoms with van der Waals surface area (Å²) in [4.78, 5) is 10.7. The molecule has 1 aromatic carbocycles. The molecule has 0 N–H and O–H groups in total. The van der Waals surface area contributed by atoms with Gasteiger partial charge in [0.05, 0.1) is 7.11 Å². The highest BCUT2D eigenvalue weighted by Crippen LogP contribution is 2.17. The molecule has 0 fully saturated rings. The standard InChI is InChI=1S/C9H8FO2/c1-6(11)7-3-4-9(12-2)8(10)5-7/h3-5H,1H2,2H3. The predicted octanol–water partition coefficient (Wildman–Crippen LogP) is 1.85. The predicted molar refractivity (Wildman–Crippen MR) is 42.6 cm³/mol. The zero-order chi connectivity index (χ0) is 9.14. The highest BCUT2D eigenvalue weighted by atomic mass is 19.1. The van der Waals surface area contributed by atoms with Crippen LogP contribution in [-0.2, 0) is 0 Å². The molecule has 2 nitrogen and oxygen atoms in total. The normalized spacial score (nSPS) is 9.58. The van der Waals surface area contributed by atoms with Crippen LogP contribution in [0.2, 0.25) is 0 Å². The molecular formula is C9H8FO2. The van der Waals surface area contributed by atoms with Crippen molar-refractivity contribution in [3.8, 4) is 5.75 Å². The molecule has 0 saturated carbocycles. The van der Waals surface area contributed by atoms with Gasteiger partial charge in [0.25, 0.3) is 0 Å². The van der Waals surface area contributed by atoms with Crippen molar-refractivity contribution in [1.29, 1.82) is 0 Å². The molecule has 0 heterocycles. The van der Waals surface area contributed by atoms with Gasteiger partial charge in [0.2, 0.25) is 0 Å². The van der Waals surface area contributed by atoms with Crippen molar-refractivity contribution in [2.75, 3.05) is 7.11 Å². The Morgan fingerprint density at radius 2 is 2.25 bits per heavy atom. The van der Waals surface area contributed by atoms with Gasteiger partial charge in [-0.15, -0.1) is 0 Å². The average Bonchev–Trinajstić information content (AvgIpc) is 2.04. The average molecular weight is 167 g/mol. The van der Waals surface area contributed by atoms with Gasteiger partial charge in [0, 0.05) is 12.5 Å². The van der Waals surface area contributed by atoms with Crippen molar-refractivity contribution in [2.45, 2.75) is 0 Å². The Bertz CT molecular complexity index is 307. The number of rotatable bonds is 2. The van der Waals surface area contributed by atoms with E-state index in [0.717, 1.165) is 6.07 Å². The molecule has 0 unspecified atom stereocenters. The number of Topliss-reactive ketones (excluding diaryl/α,β-unsaturated/α-hetero) is 1. The lowest BCUT2D eigenvalue weighted by Gasteiger charge is -2.01. The molecule has 0 spiro atoms. The van der Waals surface area contributed by atoms with E-state index in [4.69, 9.17) is 0 Å². The largest absolute Gasteiger partial charge is 0.494 e. The topological polar surface area (TPSA) is 26.3 Å². The maximum absolute atomic E-state index is 12.9. The summed E-state index contributed by atoms with van der Waals surface area (Å²) in [7, 11) is 1.37. The van der Waals surface area contributed by atoms with Crippen molar-refractivity contribution in [2.24, 2.45) is 0 Å². The van der Waals surface area contributed by atoms with Gasteiger partial charge in [-0.2, -0.15) is 0 Å². The Kier molecular flexibility index (Phi) is 2.43. The summed E-state index contributed by atoms with van der Waals surface area (Å²) in [5.41, 5.74) is 0.244. The van der Waals surface area contributed by atoms with Crippen LogP contribution in [0.1, 0.15) is 10.4 Å². The maximum Gasteiger partial charge on any atom is 0.165 e. The number of methoxy groups -OCH3 is 1. The molecule has 0 aliphatic heterocycles. The highest BCUT2D eigenvalue weighted by molar-refractivity contribution is 5.99. The molecule has 1 rings (SSSR count). The number of hydrogen-bond acceptors (Lipinski definition) is 2. The molecule has 1 aromatic rings. The van der Waals surface area contributed by atoms with Gasteiger partial charge < -0.3 is 4.74 Å². The van der Waals surface area contributed by atoms with Crippen LogP contribution < -0.4 is 4.74 Å². The van der Waals surface area contributed by atoms with Gasteiger partial charge in [-0.05, 0) is 18.2 Å². The monoisotopic (exact) mass is 167 g/mol. The zero-order valence-electron chi connectivity index (χ0n) is 6.63. The van der Waals surface area contributed by atoms with E-state index in [-0.39, 0.29) is 11.3 Å². The van der Waals surface area contributed by atoms with E-state index in [0.29, 0.717) is 0 Å². The minimum atomic E-state index is -0.549. The molecule has 0 bridgehead atoms. The van der Waals surface area contributed by atoms with E-state index < -0.39 is 11.6 Å². The zero-order valence-corrected chi connectivity index (χ0v) is 6.63. The van der Waals surface area contributed by atoms with Crippen LogP contribution in [0.3, 0.4) is 0 Å². The van der Waals surface area contributed by atoms with Crippen LogP contribution in [0.25, 0.3) is 0 Å². The third-order valence-corrected chi connectivity index (χ3v) is 1.47. The van der Waals surface area contributed by atoms with Gasteiger partial charge in [-0.3, -0.25) is 4.79 Å². The second kappa shape index (κ2) is 3.34. The molecule has 0 atom stereocenters. The molecule has 0 aliphatic carbocycles. The molecule has 1 radical (unpaired) electrons. The van der Waals surface area contributed by atoms with Crippen LogP contribution >= 0.6 is 0 Å². The number of ketones is 1. The van der Waals surface area contributed by atoms with Crippen LogP contribution in [-0.4, -0.2) is 12.9 Å². The van der Waals surface area contributed by atoms with Crippen LogP contribution in [0, 0.1) is 12.7 Å². The Morgan fingerprint density at radius 1 is 1.58 bits per heavy atom. The highest BCUT2D eigenvalue weighted by Gasteiger charge is 2.05. The van der Waals surface area contributed by atoms with Crippen molar-refractivity contribution >= 4 is 5.78 Å². The minimum absolute atomic E-state index is 0.125. The molecular weight excluding hydrogens is 159 g/mol. The number of carbonyl (C=O) groups is 1. The lowest BCUT2D eigenvalue weighted by atomic mass is 10.1. The summed E-state index contributed by atoms with van der Waals surface area (Å²) < 4.78 is 17.6. The van der Waals surface area contributed by atoms with Gasteiger partial charge in [-0.25, -0.2) is 4.39 Å². The third-order valence-electron chi connectivity index (χ3n) is 1.47. The molecule has 3 heteroatoms. The number of hydrogen-bond donors (Lipinski definition) is 0. The van der Waals surface area contributed by atoms with Crippen molar-refractivity contribution < 1.29 is 13.9 Å². The fourth-order valence-corrected chi connectivity index (χ4v) is 0.840. The molecule has 0 amide bonds. The lowest BCUT2D eigenvalue weighted by molar-refractivity contribution is 0.104. The molecule has 0 aliphatic rings. The van der Waals surface area contributed by atoms with Crippen molar-refractivity contribution in [3.05, 3.63) is 36.5 Å². The maximum atomic E-state index is 12.9. The smallest absolute Gasteiger partial charge is 0.165 e. The molecule has 0 saturated heterocycles. The van der Waals surface area contributed by atoms with E-state index in [1.807, 2.05) is 0 Å². The Labute approximate surface area is 70.0 Å². The summed E-state index contributed by atoms with van der Waals surface area (Å²) in [5, 5.41) is 0. The van der Waals surface area contributed by atoms with Gasteiger partial charge >= 0.3 is 0 Å². The summed E-state index contributed by atoms with van der Waals surface area (Å²) >= 11 is 0. The SMILES string of the molecule is [CH2]C(=O)c1ccc(OC)c(F)c1. The van der Waals surface area contributed by atoms with E-state index in [1.54, 1.807) is 0 Å². The first-order valence-electron chi connectivity index (χ1n) is 3.35. The van der Waals surface area contributed by atoms with Gasteiger partial charge in [-0.1, -0.05) is 0 Å². The summed E-state index contributed by atoms with van der Waals surface area (Å²) in [6, 6.07) is 3.97. The quantitative estimate of drug-likeness (QED) is 0.628. The second-order valence-corrected chi connectivity index (χ2v) is 2.27. The molecule has 63 valence electrons. The van der Waals surface area contributed by atoms with Crippen LogP contribution in [0.5, 0.6) is 5.75 Å². The van der Waals surface area contributed by atoms with E-state index in [1.165, 1.54) is 19.2 Å². The van der Waals surface area contributed by atoms with Crippen LogP contribution in [0.4, 0.5) is 4.39 Å². The second-order valence-electron chi connectivity index (χ2n) is 2.27. The number of benzene rings is 1. The third kappa shape index (κ3) is 1.61. The summed E-state index contributed by atoms with van der Waals surface area (Å²) in [5.74, 6) is -0.830. The fourth-order valence-electron chi connectivity index (χ4n) is 0.840. The number of carbonyl (C=O) groups excluding carboxylic acids is 1. The minimum Gasteiger partial charge on any atom is -0.494 e. The first kappa shape index (κ1) is 8.71. The lowest BCUT2D eigenvalue weighted by Crippen LogP contribution is -1.95. The van der Waals surface area contributed by atoms with E-state index >= 15 is 0 Å². The van der Waals surface area contributed by atoms with Gasteiger partial charge in [0.1, 0.15) is 0 Å². The van der Waals surface area contributed by atoms with E-state index in [9.17, 15) is 9.18 Å². The molecule has 0 aromatic heterocycles.